The number of hydrogen-bond acceptors (Lipinski definition) is 4. The molecule has 0 saturated carbocycles. The molecular weight excluding hydrogens is 268 g/mol. The topological polar surface area (TPSA) is 48.1 Å². The number of benzene rings is 2. The van der Waals surface area contributed by atoms with E-state index in [1.54, 1.807) is 18.4 Å². The fourth-order valence-electron chi connectivity index (χ4n) is 2.37. The molecule has 3 aromatic rings. The summed E-state index contributed by atoms with van der Waals surface area (Å²) in [7, 11) is 1.68. The lowest BCUT2D eigenvalue weighted by Crippen LogP contribution is -1.93. The minimum atomic E-state index is 0.747. The highest BCUT2D eigenvalue weighted by Crippen LogP contribution is 2.41. The highest BCUT2D eigenvalue weighted by atomic mass is 32.1. The molecule has 0 bridgehead atoms. The molecule has 0 saturated heterocycles. The molecule has 1 heterocycles. The Balaban J connectivity index is 2.35. The number of methoxy groups -OCH3 is 1. The van der Waals surface area contributed by atoms with Gasteiger partial charge in [0.2, 0.25) is 0 Å². The maximum atomic E-state index is 6.16. The normalized spacial score (nSPS) is 10.9. The second kappa shape index (κ2) is 5.13. The van der Waals surface area contributed by atoms with E-state index in [4.69, 9.17) is 10.5 Å². The van der Waals surface area contributed by atoms with E-state index in [2.05, 4.69) is 30.1 Å². The number of hydrogen-bond donors (Lipinski definition) is 1. The Kier molecular flexibility index (Phi) is 3.32. The van der Waals surface area contributed by atoms with Gasteiger partial charge in [0.25, 0.3) is 0 Å². The zero-order chi connectivity index (χ0) is 14.1. The lowest BCUT2D eigenvalue weighted by atomic mass is 10.0. The van der Waals surface area contributed by atoms with Crippen LogP contribution in [0.5, 0.6) is 5.75 Å². The Morgan fingerprint density at radius 1 is 1.20 bits per heavy atom. The summed E-state index contributed by atoms with van der Waals surface area (Å²) in [4.78, 5) is 4.67. The third-order valence-electron chi connectivity index (χ3n) is 3.35. The number of rotatable bonds is 3. The van der Waals surface area contributed by atoms with Crippen molar-refractivity contribution < 1.29 is 4.74 Å². The highest BCUT2D eigenvalue weighted by molar-refractivity contribution is 7.16. The molecule has 0 spiro atoms. The van der Waals surface area contributed by atoms with Crippen LogP contribution in [0, 0.1) is 0 Å². The van der Waals surface area contributed by atoms with Crippen molar-refractivity contribution in [2.45, 2.75) is 13.3 Å². The summed E-state index contributed by atoms with van der Waals surface area (Å²) in [6.07, 6.45) is 0.891. The number of nitrogens with zero attached hydrogens (tertiary/aromatic N) is 1. The van der Waals surface area contributed by atoms with E-state index in [0.29, 0.717) is 0 Å². The van der Waals surface area contributed by atoms with Crippen LogP contribution >= 0.6 is 11.3 Å². The van der Waals surface area contributed by atoms with Crippen molar-refractivity contribution >= 4 is 27.1 Å². The summed E-state index contributed by atoms with van der Waals surface area (Å²) >= 11 is 1.55. The van der Waals surface area contributed by atoms with Gasteiger partial charge in [-0.3, -0.25) is 0 Å². The number of nitrogens with two attached hydrogens (primary N) is 1. The van der Waals surface area contributed by atoms with Crippen LogP contribution in [0.4, 0.5) is 5.00 Å². The smallest absolute Gasteiger partial charge is 0.129 e. The highest BCUT2D eigenvalue weighted by Gasteiger charge is 2.17. The molecular formula is C16H16N2OS. The van der Waals surface area contributed by atoms with Gasteiger partial charge >= 0.3 is 0 Å². The summed E-state index contributed by atoms with van der Waals surface area (Å²) in [6.45, 7) is 2.09. The zero-order valence-corrected chi connectivity index (χ0v) is 12.3. The molecule has 0 amide bonds. The Morgan fingerprint density at radius 2 is 2.00 bits per heavy atom. The monoisotopic (exact) mass is 284 g/mol. The van der Waals surface area contributed by atoms with Gasteiger partial charge in [0.1, 0.15) is 16.4 Å². The third-order valence-corrected chi connectivity index (χ3v) is 4.38. The van der Waals surface area contributed by atoms with Crippen LogP contribution in [0.3, 0.4) is 0 Å². The van der Waals surface area contributed by atoms with Crippen LogP contribution in [0.2, 0.25) is 0 Å². The van der Waals surface area contributed by atoms with Crippen molar-refractivity contribution in [1.82, 2.24) is 4.98 Å². The second-order valence-corrected chi connectivity index (χ2v) is 5.65. The van der Waals surface area contributed by atoms with Crippen LogP contribution in [-0.2, 0) is 6.42 Å². The lowest BCUT2D eigenvalue weighted by molar-refractivity contribution is 0.417. The quantitative estimate of drug-likeness (QED) is 0.787. The molecule has 0 aliphatic rings. The molecule has 0 unspecified atom stereocenters. The van der Waals surface area contributed by atoms with Crippen LogP contribution in [-0.4, -0.2) is 12.1 Å². The predicted molar refractivity (Wildman–Crippen MR) is 85.4 cm³/mol. The van der Waals surface area contributed by atoms with Crippen LogP contribution < -0.4 is 10.5 Å². The first-order chi connectivity index (χ1) is 9.74. The van der Waals surface area contributed by atoms with Gasteiger partial charge in [-0.25, -0.2) is 4.98 Å². The van der Waals surface area contributed by atoms with Gasteiger partial charge in [0.05, 0.1) is 17.7 Å². The molecule has 3 nitrogen and oxygen atoms in total. The van der Waals surface area contributed by atoms with E-state index in [-0.39, 0.29) is 0 Å². The van der Waals surface area contributed by atoms with E-state index in [1.807, 2.05) is 18.2 Å². The number of fused-ring (bicyclic) bond motifs is 1. The number of anilines is 1. The lowest BCUT2D eigenvalue weighted by Gasteiger charge is -2.11. The average molecular weight is 284 g/mol. The van der Waals surface area contributed by atoms with Gasteiger partial charge < -0.3 is 10.5 Å². The van der Waals surface area contributed by atoms with E-state index in [0.717, 1.165) is 44.2 Å². The summed E-state index contributed by atoms with van der Waals surface area (Å²) in [5.74, 6) is 0.809. The molecule has 2 N–H and O–H groups in total. The van der Waals surface area contributed by atoms with Crippen LogP contribution in [0.15, 0.2) is 36.4 Å². The molecule has 3 rings (SSSR count). The van der Waals surface area contributed by atoms with Gasteiger partial charge in [-0.05, 0) is 23.3 Å². The maximum Gasteiger partial charge on any atom is 0.129 e. The molecule has 102 valence electrons. The number of ether oxygens (including phenoxy) is 1. The Bertz CT molecular complexity index is 764. The van der Waals surface area contributed by atoms with Crippen molar-refractivity contribution in [1.29, 1.82) is 0 Å². The van der Waals surface area contributed by atoms with E-state index in [1.165, 1.54) is 0 Å². The fraction of sp³-hybridized carbons (Fsp3) is 0.188. The molecule has 2 aromatic carbocycles. The minimum Gasteiger partial charge on any atom is -0.496 e. The van der Waals surface area contributed by atoms with Crippen molar-refractivity contribution in [3.63, 3.8) is 0 Å². The average Bonchev–Trinajstić information content (AvgIpc) is 2.86. The number of nitrogen functional groups attached to an aromatic ring is 1. The van der Waals surface area contributed by atoms with Gasteiger partial charge in [-0.15, -0.1) is 11.3 Å². The Hall–Kier alpha value is -2.07. The molecule has 1 aromatic heterocycles. The molecule has 0 aliphatic heterocycles. The van der Waals surface area contributed by atoms with Crippen LogP contribution in [0.1, 0.15) is 11.9 Å². The molecule has 0 fully saturated rings. The van der Waals surface area contributed by atoms with Gasteiger partial charge in [-0.1, -0.05) is 37.3 Å². The van der Waals surface area contributed by atoms with Gasteiger partial charge in [0.15, 0.2) is 0 Å². The summed E-state index contributed by atoms with van der Waals surface area (Å²) < 4.78 is 5.51. The van der Waals surface area contributed by atoms with E-state index < -0.39 is 0 Å². The summed E-state index contributed by atoms with van der Waals surface area (Å²) in [5, 5.41) is 4.07. The first-order valence-electron chi connectivity index (χ1n) is 6.56. The van der Waals surface area contributed by atoms with Crippen molar-refractivity contribution in [2.24, 2.45) is 0 Å². The standard InChI is InChI=1S/C16H16N2OS/c1-3-13-18-15(16(17)20-13)14-11-7-5-4-6-10(11)8-9-12(14)19-2/h4-9H,3,17H2,1-2H3. The number of aryl methyl sites for hydroxylation is 1. The largest absolute Gasteiger partial charge is 0.496 e. The summed E-state index contributed by atoms with van der Waals surface area (Å²) in [6, 6.07) is 12.2. The van der Waals surface area contributed by atoms with Crippen molar-refractivity contribution in [2.75, 3.05) is 12.8 Å². The number of aromatic nitrogens is 1. The third kappa shape index (κ3) is 2.02. The van der Waals surface area contributed by atoms with E-state index >= 15 is 0 Å². The first-order valence-corrected chi connectivity index (χ1v) is 7.37. The molecule has 20 heavy (non-hydrogen) atoms. The molecule has 0 aliphatic carbocycles. The van der Waals surface area contributed by atoms with Gasteiger partial charge in [0, 0.05) is 0 Å². The second-order valence-electron chi connectivity index (χ2n) is 4.54. The fourth-order valence-corrected chi connectivity index (χ4v) is 3.15. The molecule has 4 heteroatoms. The minimum absolute atomic E-state index is 0.747. The van der Waals surface area contributed by atoms with Gasteiger partial charge in [-0.2, -0.15) is 0 Å². The van der Waals surface area contributed by atoms with Crippen LogP contribution in [0.25, 0.3) is 22.0 Å². The first kappa shape index (κ1) is 12.9. The maximum absolute atomic E-state index is 6.16. The molecule has 0 atom stereocenters. The Labute approximate surface area is 122 Å². The Morgan fingerprint density at radius 3 is 2.70 bits per heavy atom. The summed E-state index contributed by atoms with van der Waals surface area (Å²) in [5.41, 5.74) is 7.98. The van der Waals surface area contributed by atoms with Crippen molar-refractivity contribution in [3.8, 4) is 17.0 Å². The van der Waals surface area contributed by atoms with Crippen molar-refractivity contribution in [3.05, 3.63) is 41.4 Å². The molecule has 0 radical (unpaired) electrons. The number of thiazole rings is 1. The zero-order valence-electron chi connectivity index (χ0n) is 11.5. The SMILES string of the molecule is CCc1nc(-c2c(OC)ccc3ccccc23)c(N)s1. The van der Waals surface area contributed by atoms with E-state index in [9.17, 15) is 0 Å². The predicted octanol–water partition coefficient (Wildman–Crippen LogP) is 4.12.